The summed E-state index contributed by atoms with van der Waals surface area (Å²) in [4.78, 5) is 36.6. The summed E-state index contributed by atoms with van der Waals surface area (Å²) in [6.45, 7) is 3.19. The fourth-order valence-corrected chi connectivity index (χ4v) is 3.57. The van der Waals surface area contributed by atoms with E-state index in [-0.39, 0.29) is 22.5 Å². The Kier molecular flexibility index (Phi) is 8.00. The Labute approximate surface area is 228 Å². The highest BCUT2D eigenvalue weighted by atomic mass is 35.5. The number of hydrogen-bond donors (Lipinski definition) is 2. The van der Waals surface area contributed by atoms with Crippen LogP contribution in [0, 0.1) is 5.82 Å². The summed E-state index contributed by atoms with van der Waals surface area (Å²) in [7, 11) is 1.71. The Hall–Kier alpha value is -4.98. The summed E-state index contributed by atoms with van der Waals surface area (Å²) >= 11 is 6.36. The molecule has 206 valence electrons. The number of nitrogens with zero attached hydrogens (tertiary/aromatic N) is 5. The average molecular weight is 576 g/mol. The first-order valence-corrected chi connectivity index (χ1v) is 11.5. The SMILES string of the molecule is C=CC(=O)N(OC(=O)C(F)(F)F)c1ccc(F)c(Nc2nc(Nc3cnn(C)c3)ncc2-c2ccccc2Cl)c1. The molecule has 0 aliphatic carbocycles. The van der Waals surface area contributed by atoms with E-state index in [1.54, 1.807) is 42.2 Å². The molecule has 0 spiro atoms. The van der Waals surface area contributed by atoms with Gasteiger partial charge in [0, 0.05) is 35.6 Å². The Balaban J connectivity index is 1.76. The molecule has 2 aromatic heterocycles. The summed E-state index contributed by atoms with van der Waals surface area (Å²) in [5.74, 6) is -4.62. The van der Waals surface area contributed by atoms with Gasteiger partial charge in [-0.05, 0) is 30.3 Å². The molecule has 4 aromatic rings. The van der Waals surface area contributed by atoms with Crippen LogP contribution in [0.2, 0.25) is 5.02 Å². The van der Waals surface area contributed by atoms with Crippen molar-refractivity contribution in [3.63, 3.8) is 0 Å². The van der Waals surface area contributed by atoms with Crippen LogP contribution in [0.4, 0.5) is 46.4 Å². The highest BCUT2D eigenvalue weighted by molar-refractivity contribution is 6.33. The third kappa shape index (κ3) is 6.35. The van der Waals surface area contributed by atoms with E-state index < -0.39 is 29.6 Å². The van der Waals surface area contributed by atoms with Gasteiger partial charge in [0.25, 0.3) is 5.91 Å². The van der Waals surface area contributed by atoms with Crippen molar-refractivity contribution in [3.05, 3.63) is 84.5 Å². The van der Waals surface area contributed by atoms with Crippen LogP contribution in [-0.4, -0.2) is 37.8 Å². The third-order valence-electron chi connectivity index (χ3n) is 5.13. The number of amides is 1. The molecule has 0 saturated carbocycles. The number of carbonyl (C=O) groups excluding carboxylic acids is 2. The molecule has 2 heterocycles. The van der Waals surface area contributed by atoms with E-state index in [0.29, 0.717) is 27.9 Å². The topological polar surface area (TPSA) is 114 Å². The zero-order valence-electron chi connectivity index (χ0n) is 20.4. The predicted octanol–water partition coefficient (Wildman–Crippen LogP) is 5.70. The molecule has 0 saturated heterocycles. The lowest BCUT2D eigenvalue weighted by Crippen LogP contribution is -2.38. The maximum atomic E-state index is 14.9. The van der Waals surface area contributed by atoms with E-state index in [2.05, 4.69) is 37.1 Å². The number of nitrogens with one attached hydrogen (secondary N) is 2. The second-order valence-corrected chi connectivity index (χ2v) is 8.37. The highest BCUT2D eigenvalue weighted by Gasteiger charge is 2.43. The first-order valence-electron chi connectivity index (χ1n) is 11.2. The zero-order valence-corrected chi connectivity index (χ0v) is 21.2. The van der Waals surface area contributed by atoms with Crippen LogP contribution in [-0.2, 0) is 21.5 Å². The summed E-state index contributed by atoms with van der Waals surface area (Å²) < 4.78 is 54.9. The van der Waals surface area contributed by atoms with Crippen molar-refractivity contribution < 1.29 is 32.0 Å². The maximum Gasteiger partial charge on any atom is 0.493 e. The molecule has 0 fully saturated rings. The molecule has 2 N–H and O–H groups in total. The number of hydroxylamine groups is 1. The quantitative estimate of drug-likeness (QED) is 0.164. The smallest absolute Gasteiger partial charge is 0.337 e. The average Bonchev–Trinajstić information content (AvgIpc) is 3.32. The number of carbonyl (C=O) groups is 2. The minimum atomic E-state index is -5.40. The number of anilines is 5. The normalized spacial score (nSPS) is 11.1. The number of hydrogen-bond acceptors (Lipinski definition) is 8. The Morgan fingerprint density at radius 2 is 1.88 bits per heavy atom. The molecule has 40 heavy (non-hydrogen) atoms. The van der Waals surface area contributed by atoms with Crippen LogP contribution in [0.3, 0.4) is 0 Å². The molecular formula is C25H18ClF4N7O3. The van der Waals surface area contributed by atoms with Crippen LogP contribution < -0.4 is 15.7 Å². The number of aryl methyl sites for hydroxylation is 1. The lowest BCUT2D eigenvalue weighted by atomic mass is 10.1. The van der Waals surface area contributed by atoms with Gasteiger partial charge < -0.3 is 15.5 Å². The van der Waals surface area contributed by atoms with Gasteiger partial charge in [-0.25, -0.2) is 14.2 Å². The van der Waals surface area contributed by atoms with E-state index >= 15 is 0 Å². The van der Waals surface area contributed by atoms with Crippen molar-refractivity contribution in [1.82, 2.24) is 19.7 Å². The first kappa shape index (κ1) is 28.0. The third-order valence-corrected chi connectivity index (χ3v) is 5.46. The number of halogens is 5. The van der Waals surface area contributed by atoms with Gasteiger partial charge in [0.1, 0.15) is 11.6 Å². The van der Waals surface area contributed by atoms with Crippen molar-refractivity contribution in [2.45, 2.75) is 6.18 Å². The minimum absolute atomic E-state index is 0.0395. The van der Waals surface area contributed by atoms with Gasteiger partial charge in [0.05, 0.1) is 23.3 Å². The van der Waals surface area contributed by atoms with Gasteiger partial charge in [-0.15, -0.1) is 5.06 Å². The van der Waals surface area contributed by atoms with Crippen LogP contribution >= 0.6 is 11.6 Å². The van der Waals surface area contributed by atoms with Crippen molar-refractivity contribution in [2.75, 3.05) is 15.7 Å². The molecule has 0 radical (unpaired) electrons. The van der Waals surface area contributed by atoms with Gasteiger partial charge in [0.15, 0.2) is 0 Å². The molecule has 15 heteroatoms. The Morgan fingerprint density at radius 3 is 2.52 bits per heavy atom. The predicted molar refractivity (Wildman–Crippen MR) is 138 cm³/mol. The van der Waals surface area contributed by atoms with Crippen LogP contribution in [0.1, 0.15) is 0 Å². The molecule has 2 aromatic carbocycles. The summed E-state index contributed by atoms with van der Waals surface area (Å²) in [5, 5.41) is 10.1. The van der Waals surface area contributed by atoms with Crippen LogP contribution in [0.15, 0.2) is 73.7 Å². The van der Waals surface area contributed by atoms with Crippen molar-refractivity contribution in [1.29, 1.82) is 0 Å². The number of aromatic nitrogens is 4. The molecule has 0 aliphatic heterocycles. The molecule has 0 atom stereocenters. The fourth-order valence-electron chi connectivity index (χ4n) is 3.33. The second kappa shape index (κ2) is 11.4. The summed E-state index contributed by atoms with van der Waals surface area (Å²) in [6.07, 6.45) is -0.167. The molecule has 0 bridgehead atoms. The summed E-state index contributed by atoms with van der Waals surface area (Å²) in [6, 6.07) is 9.46. The van der Waals surface area contributed by atoms with Gasteiger partial charge in [-0.3, -0.25) is 9.48 Å². The van der Waals surface area contributed by atoms with Crippen LogP contribution in [0.5, 0.6) is 0 Å². The number of rotatable bonds is 7. The van der Waals surface area contributed by atoms with Gasteiger partial charge in [-0.2, -0.15) is 23.3 Å². The van der Waals surface area contributed by atoms with Crippen molar-refractivity contribution in [3.8, 4) is 11.1 Å². The van der Waals surface area contributed by atoms with E-state index in [9.17, 15) is 27.2 Å². The van der Waals surface area contributed by atoms with E-state index in [1.807, 2.05) is 0 Å². The zero-order chi connectivity index (χ0) is 29.0. The molecule has 4 rings (SSSR count). The Bertz CT molecular complexity index is 1590. The monoisotopic (exact) mass is 575 g/mol. The minimum Gasteiger partial charge on any atom is -0.337 e. The molecule has 0 unspecified atom stereocenters. The van der Waals surface area contributed by atoms with Gasteiger partial charge in [-0.1, -0.05) is 36.4 Å². The first-order chi connectivity index (χ1) is 19.0. The van der Waals surface area contributed by atoms with E-state index in [1.165, 1.54) is 12.4 Å². The second-order valence-electron chi connectivity index (χ2n) is 7.97. The van der Waals surface area contributed by atoms with Gasteiger partial charge in [0.2, 0.25) is 5.95 Å². The number of benzene rings is 2. The molecule has 10 nitrogen and oxygen atoms in total. The van der Waals surface area contributed by atoms with Crippen LogP contribution in [0.25, 0.3) is 11.1 Å². The van der Waals surface area contributed by atoms with E-state index in [0.717, 1.165) is 18.2 Å². The fraction of sp³-hybridized carbons (Fsp3) is 0.0800. The Morgan fingerprint density at radius 1 is 1.12 bits per heavy atom. The lowest BCUT2D eigenvalue weighted by molar-refractivity contribution is -0.201. The maximum absolute atomic E-state index is 14.9. The van der Waals surface area contributed by atoms with Gasteiger partial charge >= 0.3 is 12.1 Å². The summed E-state index contributed by atoms with van der Waals surface area (Å²) in [5.41, 5.74) is 0.640. The molecular weight excluding hydrogens is 558 g/mol. The van der Waals surface area contributed by atoms with E-state index in [4.69, 9.17) is 11.6 Å². The standard InChI is InChI=1S/C25H18ClF4N7O3/c1-3-21(38)37(40-23(39)25(28,29)30)15-8-9-19(27)20(10-15)34-22-17(16-6-4-5-7-18(16)26)12-31-24(35-22)33-14-11-32-36(2)13-14/h3-13H,1H2,2H3,(H2,31,33,34,35). The largest absolute Gasteiger partial charge is 0.493 e. The lowest BCUT2D eigenvalue weighted by Gasteiger charge is -2.21. The highest BCUT2D eigenvalue weighted by Crippen LogP contribution is 2.35. The van der Waals surface area contributed by atoms with Crippen molar-refractivity contribution >= 4 is 52.3 Å². The molecule has 0 aliphatic rings. The molecule has 1 amide bonds. The number of alkyl halides is 3. The van der Waals surface area contributed by atoms with Crippen molar-refractivity contribution in [2.24, 2.45) is 7.05 Å².